The molecule has 0 heterocycles. The number of carbonyl (C=O) groups excluding carboxylic acids is 1. The summed E-state index contributed by atoms with van der Waals surface area (Å²) in [5, 5.41) is 10.6. The van der Waals surface area contributed by atoms with Gasteiger partial charge in [0, 0.05) is 5.56 Å². The first-order valence-electron chi connectivity index (χ1n) is 2.95. The van der Waals surface area contributed by atoms with E-state index in [4.69, 9.17) is 23.5 Å². The minimum atomic E-state index is -1.38. The fraction of sp³-hybridized carbons (Fsp3) is 0. The molecule has 0 aliphatic rings. The summed E-state index contributed by atoms with van der Waals surface area (Å²) in [5.41, 5.74) is -0.169. The summed E-state index contributed by atoms with van der Waals surface area (Å²) in [7, 11) is 0. The van der Waals surface area contributed by atoms with Crippen LogP contribution in [0.2, 0.25) is 5.02 Å². The topological polar surface area (TPSA) is 49.4 Å². The maximum absolute atomic E-state index is 10.4. The third kappa shape index (κ3) is 2.82. The van der Waals surface area contributed by atoms with Crippen LogP contribution in [0.1, 0.15) is 10.4 Å². The van der Waals surface area contributed by atoms with Gasteiger partial charge in [-0.3, -0.25) is 0 Å². The van der Waals surface area contributed by atoms with E-state index in [9.17, 15) is 9.90 Å². The van der Waals surface area contributed by atoms with Crippen molar-refractivity contribution >= 4 is 29.4 Å². The molecule has 0 bridgehead atoms. The molecule has 0 unspecified atom stereocenters. The number of para-hydroxylation sites is 1. The normalized spacial score (nSPS) is 8.77. The SMILES string of the molecule is O=C([O-])c1cccc(Cl)c1OCl.[Li+]. The van der Waals surface area contributed by atoms with Crippen LogP contribution in [0.15, 0.2) is 18.2 Å². The summed E-state index contributed by atoms with van der Waals surface area (Å²) in [6.07, 6.45) is 0. The predicted molar refractivity (Wildman–Crippen MR) is 42.3 cm³/mol. The smallest absolute Gasteiger partial charge is 0.545 e. The number of aromatic carboxylic acids is 1. The number of carboxylic acids is 1. The third-order valence-electron chi connectivity index (χ3n) is 1.26. The Kier molecular flexibility index (Phi) is 5.27. The maximum atomic E-state index is 10.4. The van der Waals surface area contributed by atoms with E-state index in [0.29, 0.717) is 0 Å². The molecular weight excluding hydrogens is 210 g/mol. The van der Waals surface area contributed by atoms with Gasteiger partial charge in [-0.15, -0.1) is 0 Å². The molecular formula is C7H3Cl2LiO3. The van der Waals surface area contributed by atoms with Crippen LogP contribution in [0.4, 0.5) is 0 Å². The van der Waals surface area contributed by atoms with Crippen LogP contribution in [-0.2, 0) is 0 Å². The van der Waals surface area contributed by atoms with Crippen molar-refractivity contribution < 1.29 is 33.1 Å². The van der Waals surface area contributed by atoms with Crippen LogP contribution in [0.3, 0.4) is 0 Å². The van der Waals surface area contributed by atoms with Crippen LogP contribution in [0.5, 0.6) is 5.75 Å². The van der Waals surface area contributed by atoms with Crippen molar-refractivity contribution in [3.05, 3.63) is 28.8 Å². The largest absolute Gasteiger partial charge is 1.00 e. The predicted octanol–water partition coefficient (Wildman–Crippen LogP) is -1.76. The van der Waals surface area contributed by atoms with E-state index in [2.05, 4.69) is 4.29 Å². The van der Waals surface area contributed by atoms with Crippen molar-refractivity contribution in [3.63, 3.8) is 0 Å². The molecule has 1 aromatic carbocycles. The van der Waals surface area contributed by atoms with Gasteiger partial charge in [-0.2, -0.15) is 0 Å². The monoisotopic (exact) mass is 212 g/mol. The molecule has 0 N–H and O–H groups in total. The van der Waals surface area contributed by atoms with Gasteiger partial charge in [0.1, 0.15) is 11.9 Å². The van der Waals surface area contributed by atoms with Gasteiger partial charge >= 0.3 is 18.9 Å². The van der Waals surface area contributed by atoms with Gasteiger partial charge in [0.2, 0.25) is 0 Å². The molecule has 0 aromatic heterocycles. The Morgan fingerprint density at radius 1 is 1.46 bits per heavy atom. The third-order valence-corrected chi connectivity index (χ3v) is 1.72. The standard InChI is InChI=1S/C7H4Cl2O3.Li/c8-5-3-1-2-4(7(10)11)6(5)12-9;/h1-3H,(H,10,11);/q;+1/p-1. The van der Waals surface area contributed by atoms with Gasteiger partial charge in [0.15, 0.2) is 5.75 Å². The molecule has 0 atom stereocenters. The van der Waals surface area contributed by atoms with Crippen molar-refractivity contribution in [2.24, 2.45) is 0 Å². The molecule has 64 valence electrons. The summed E-state index contributed by atoms with van der Waals surface area (Å²) >= 11 is 10.6. The Balaban J connectivity index is 0.00000144. The Morgan fingerprint density at radius 2 is 2.08 bits per heavy atom. The zero-order valence-corrected chi connectivity index (χ0v) is 8.22. The molecule has 1 aromatic rings. The quantitative estimate of drug-likeness (QED) is 0.547. The van der Waals surface area contributed by atoms with Crippen LogP contribution in [0.25, 0.3) is 0 Å². The Bertz CT molecular complexity index is 317. The van der Waals surface area contributed by atoms with Crippen molar-refractivity contribution in [1.82, 2.24) is 0 Å². The van der Waals surface area contributed by atoms with Gasteiger partial charge in [0.25, 0.3) is 0 Å². The minimum Gasteiger partial charge on any atom is -0.545 e. The first kappa shape index (κ1) is 12.7. The van der Waals surface area contributed by atoms with Crippen LogP contribution < -0.4 is 28.3 Å². The minimum absolute atomic E-state index is 0. The van der Waals surface area contributed by atoms with Gasteiger partial charge in [-0.05, 0) is 12.1 Å². The average molecular weight is 213 g/mol. The molecule has 13 heavy (non-hydrogen) atoms. The summed E-state index contributed by atoms with van der Waals surface area (Å²) < 4.78 is 4.26. The average Bonchev–Trinajstić information content (AvgIpc) is 2.03. The first-order chi connectivity index (χ1) is 5.66. The van der Waals surface area contributed by atoms with E-state index in [1.54, 1.807) is 0 Å². The molecule has 6 heteroatoms. The molecule has 3 nitrogen and oxygen atoms in total. The fourth-order valence-electron chi connectivity index (χ4n) is 0.748. The van der Waals surface area contributed by atoms with E-state index in [-0.39, 0.29) is 35.2 Å². The molecule has 0 aliphatic heterocycles. The number of hydrogen-bond donors (Lipinski definition) is 0. The first-order valence-corrected chi connectivity index (χ1v) is 3.64. The van der Waals surface area contributed by atoms with Crippen LogP contribution >= 0.6 is 23.5 Å². The molecule has 0 radical (unpaired) electrons. The van der Waals surface area contributed by atoms with E-state index in [0.717, 1.165) is 0 Å². The molecule has 0 aliphatic carbocycles. The van der Waals surface area contributed by atoms with Crippen LogP contribution in [0, 0.1) is 0 Å². The summed E-state index contributed by atoms with van der Waals surface area (Å²) in [5.74, 6) is -1.48. The molecule has 0 spiro atoms. The number of carbonyl (C=O) groups is 1. The summed E-state index contributed by atoms with van der Waals surface area (Å²) in [6, 6.07) is 4.22. The van der Waals surface area contributed by atoms with E-state index in [1.165, 1.54) is 18.2 Å². The molecule has 0 saturated heterocycles. The maximum Gasteiger partial charge on any atom is 1.00 e. The van der Waals surface area contributed by atoms with Crippen molar-refractivity contribution in [2.75, 3.05) is 0 Å². The molecule has 1 rings (SSSR count). The van der Waals surface area contributed by atoms with E-state index in [1.807, 2.05) is 0 Å². The fourth-order valence-corrected chi connectivity index (χ4v) is 1.17. The van der Waals surface area contributed by atoms with Crippen molar-refractivity contribution in [3.8, 4) is 5.75 Å². The van der Waals surface area contributed by atoms with Gasteiger partial charge < -0.3 is 14.2 Å². The van der Waals surface area contributed by atoms with Crippen molar-refractivity contribution in [1.29, 1.82) is 0 Å². The number of benzene rings is 1. The number of hydrogen-bond acceptors (Lipinski definition) is 3. The van der Waals surface area contributed by atoms with Gasteiger partial charge in [-0.25, -0.2) is 0 Å². The van der Waals surface area contributed by atoms with Crippen molar-refractivity contribution in [2.45, 2.75) is 0 Å². The Hall–Kier alpha value is -0.333. The number of halogens is 2. The molecule has 0 saturated carbocycles. The second kappa shape index (κ2) is 5.41. The number of rotatable bonds is 2. The second-order valence-electron chi connectivity index (χ2n) is 1.98. The molecule has 0 fully saturated rings. The Morgan fingerprint density at radius 3 is 2.46 bits per heavy atom. The van der Waals surface area contributed by atoms with Gasteiger partial charge in [-0.1, -0.05) is 17.7 Å². The molecule has 0 amide bonds. The summed E-state index contributed by atoms with van der Waals surface area (Å²) in [6.45, 7) is 0. The zero-order chi connectivity index (χ0) is 9.14. The van der Waals surface area contributed by atoms with Crippen LogP contribution in [-0.4, -0.2) is 5.97 Å². The van der Waals surface area contributed by atoms with E-state index >= 15 is 0 Å². The van der Waals surface area contributed by atoms with Gasteiger partial charge in [0.05, 0.1) is 11.0 Å². The Labute approximate surface area is 96.9 Å². The summed E-state index contributed by atoms with van der Waals surface area (Å²) in [4.78, 5) is 10.4. The van der Waals surface area contributed by atoms with E-state index < -0.39 is 5.97 Å². The number of carboxylic acid groups (broad SMARTS) is 1. The second-order valence-corrected chi connectivity index (χ2v) is 2.54. The zero-order valence-electron chi connectivity index (χ0n) is 6.71.